The molecular weight excluding hydrogens is 316 g/mol. The summed E-state index contributed by atoms with van der Waals surface area (Å²) in [6.07, 6.45) is 3.81. The van der Waals surface area contributed by atoms with E-state index in [9.17, 15) is 5.11 Å². The molecule has 1 saturated heterocycles. The Bertz CT molecular complexity index is 216. The van der Waals surface area contributed by atoms with E-state index in [2.05, 4.69) is 31.9 Å². The highest BCUT2D eigenvalue weighted by Crippen LogP contribution is 2.62. The molecule has 0 aromatic heterocycles. The molecule has 5 heteroatoms. The first kappa shape index (κ1) is 11.3. The number of rotatable bonds is 3. The summed E-state index contributed by atoms with van der Waals surface area (Å²) in [7, 11) is 0. The first-order valence-corrected chi connectivity index (χ1v) is 6.46. The average Bonchev–Trinajstić information content (AvgIpc) is 2.70. The Morgan fingerprint density at radius 2 is 2.14 bits per heavy atom. The van der Waals surface area contributed by atoms with E-state index < -0.39 is 5.60 Å². The number of aliphatic hydroxyl groups excluding tert-OH is 1. The number of aliphatic hydroxyl groups is 1. The van der Waals surface area contributed by atoms with Gasteiger partial charge in [-0.1, -0.05) is 31.9 Å². The number of ether oxygens (including phenoxy) is 2. The molecule has 0 spiro atoms. The zero-order valence-corrected chi connectivity index (χ0v) is 11.0. The Balaban J connectivity index is 1.89. The molecule has 0 bridgehead atoms. The van der Waals surface area contributed by atoms with E-state index in [0.717, 1.165) is 32.3 Å². The van der Waals surface area contributed by atoms with Crippen LogP contribution in [0.25, 0.3) is 0 Å². The number of alkyl halides is 2. The normalized spacial score (nSPS) is 40.9. The molecule has 82 valence electrons. The van der Waals surface area contributed by atoms with Gasteiger partial charge in [0.15, 0.2) is 6.29 Å². The SMILES string of the molecule is OCC1(OC2CCCCO2)CC1(Br)Br. The van der Waals surface area contributed by atoms with Crippen LogP contribution in [0.5, 0.6) is 0 Å². The largest absolute Gasteiger partial charge is 0.393 e. The maximum Gasteiger partial charge on any atom is 0.158 e. The van der Waals surface area contributed by atoms with Gasteiger partial charge in [-0.25, -0.2) is 0 Å². The van der Waals surface area contributed by atoms with Crippen LogP contribution < -0.4 is 0 Å². The van der Waals surface area contributed by atoms with Gasteiger partial charge in [0.25, 0.3) is 0 Å². The fraction of sp³-hybridized carbons (Fsp3) is 1.00. The van der Waals surface area contributed by atoms with Gasteiger partial charge in [-0.15, -0.1) is 0 Å². The van der Waals surface area contributed by atoms with Gasteiger partial charge >= 0.3 is 0 Å². The summed E-state index contributed by atoms with van der Waals surface area (Å²) in [5, 5.41) is 9.28. The minimum Gasteiger partial charge on any atom is -0.393 e. The summed E-state index contributed by atoms with van der Waals surface area (Å²) in [5.74, 6) is 0. The van der Waals surface area contributed by atoms with Gasteiger partial charge < -0.3 is 14.6 Å². The fourth-order valence-electron chi connectivity index (χ4n) is 1.71. The minimum absolute atomic E-state index is 0.0172. The van der Waals surface area contributed by atoms with E-state index in [1.165, 1.54) is 0 Å². The lowest BCUT2D eigenvalue weighted by atomic mass is 10.2. The van der Waals surface area contributed by atoms with Crippen LogP contribution >= 0.6 is 31.9 Å². The standard InChI is InChI=1S/C9H14Br2O3/c10-9(11)5-8(9,6-12)14-7-3-1-2-4-13-7/h7,12H,1-6H2. The summed E-state index contributed by atoms with van der Waals surface area (Å²) < 4.78 is 11.0. The zero-order chi connectivity index (χ0) is 10.2. The molecule has 1 N–H and O–H groups in total. The second-order valence-electron chi connectivity index (χ2n) is 3.95. The molecule has 2 atom stereocenters. The number of hydrogen-bond acceptors (Lipinski definition) is 3. The molecule has 0 amide bonds. The van der Waals surface area contributed by atoms with E-state index in [4.69, 9.17) is 9.47 Å². The summed E-state index contributed by atoms with van der Waals surface area (Å²) in [4.78, 5) is 0. The summed E-state index contributed by atoms with van der Waals surface area (Å²) in [5.41, 5.74) is -0.491. The highest BCUT2D eigenvalue weighted by atomic mass is 79.9. The van der Waals surface area contributed by atoms with Gasteiger partial charge in [0.1, 0.15) is 8.83 Å². The highest BCUT2D eigenvalue weighted by Gasteiger charge is 2.67. The maximum absolute atomic E-state index is 9.28. The van der Waals surface area contributed by atoms with E-state index in [1.807, 2.05) is 0 Å². The van der Waals surface area contributed by atoms with Crippen LogP contribution in [0.3, 0.4) is 0 Å². The van der Waals surface area contributed by atoms with E-state index >= 15 is 0 Å². The second kappa shape index (κ2) is 4.01. The lowest BCUT2D eigenvalue weighted by Gasteiger charge is -2.28. The molecule has 1 heterocycles. The third-order valence-corrected chi connectivity index (χ3v) is 4.81. The van der Waals surface area contributed by atoms with E-state index in [0.29, 0.717) is 0 Å². The van der Waals surface area contributed by atoms with Crippen LogP contribution in [0.4, 0.5) is 0 Å². The Labute approximate surface area is 100 Å². The molecule has 2 aliphatic rings. The Hall–Kier alpha value is 0.840. The van der Waals surface area contributed by atoms with Crippen molar-refractivity contribution < 1.29 is 14.6 Å². The van der Waals surface area contributed by atoms with Crippen LogP contribution in [-0.2, 0) is 9.47 Å². The topological polar surface area (TPSA) is 38.7 Å². The second-order valence-corrected chi connectivity index (χ2v) is 7.72. The van der Waals surface area contributed by atoms with Gasteiger partial charge in [0.2, 0.25) is 0 Å². The van der Waals surface area contributed by atoms with Crippen molar-refractivity contribution >= 4 is 31.9 Å². The van der Waals surface area contributed by atoms with E-state index in [-0.39, 0.29) is 16.1 Å². The molecule has 1 saturated carbocycles. The predicted molar refractivity (Wildman–Crippen MR) is 59.7 cm³/mol. The first-order valence-electron chi connectivity index (χ1n) is 4.88. The lowest BCUT2D eigenvalue weighted by Crippen LogP contribution is -2.34. The molecule has 2 rings (SSSR count). The molecule has 0 aromatic carbocycles. The Morgan fingerprint density at radius 1 is 1.43 bits per heavy atom. The number of hydrogen-bond donors (Lipinski definition) is 1. The van der Waals surface area contributed by atoms with Crippen molar-refractivity contribution in [3.63, 3.8) is 0 Å². The summed E-state index contributed by atoms with van der Waals surface area (Å²) in [6.45, 7) is 0.785. The van der Waals surface area contributed by atoms with Gasteiger partial charge in [-0.05, 0) is 19.3 Å². The third-order valence-electron chi connectivity index (χ3n) is 2.80. The molecular formula is C9H14Br2O3. The van der Waals surface area contributed by atoms with Gasteiger partial charge in [-0.3, -0.25) is 0 Å². The van der Waals surface area contributed by atoms with Crippen molar-refractivity contribution in [2.45, 2.75) is 40.8 Å². The highest BCUT2D eigenvalue weighted by molar-refractivity contribution is 9.25. The van der Waals surface area contributed by atoms with Crippen LogP contribution in [0.2, 0.25) is 0 Å². The molecule has 1 aliphatic heterocycles. The van der Waals surface area contributed by atoms with Crippen molar-refractivity contribution in [3.8, 4) is 0 Å². The van der Waals surface area contributed by atoms with Gasteiger partial charge in [-0.2, -0.15) is 0 Å². The van der Waals surface area contributed by atoms with E-state index in [1.54, 1.807) is 0 Å². The van der Waals surface area contributed by atoms with Crippen molar-refractivity contribution in [1.82, 2.24) is 0 Å². The summed E-state index contributed by atoms with van der Waals surface area (Å²) >= 11 is 6.95. The van der Waals surface area contributed by atoms with Crippen molar-refractivity contribution in [2.24, 2.45) is 0 Å². The Kier molecular flexibility index (Phi) is 3.25. The van der Waals surface area contributed by atoms with Crippen molar-refractivity contribution in [3.05, 3.63) is 0 Å². The molecule has 3 nitrogen and oxygen atoms in total. The lowest BCUT2D eigenvalue weighted by molar-refractivity contribution is -0.204. The monoisotopic (exact) mass is 328 g/mol. The molecule has 1 aliphatic carbocycles. The van der Waals surface area contributed by atoms with Crippen molar-refractivity contribution in [2.75, 3.05) is 13.2 Å². The van der Waals surface area contributed by atoms with Crippen LogP contribution in [0.1, 0.15) is 25.7 Å². The smallest absolute Gasteiger partial charge is 0.158 e. The number of halogens is 2. The van der Waals surface area contributed by atoms with Gasteiger partial charge in [0, 0.05) is 13.0 Å². The predicted octanol–water partition coefficient (Wildman–Crippen LogP) is 2.15. The van der Waals surface area contributed by atoms with Crippen molar-refractivity contribution in [1.29, 1.82) is 0 Å². The first-order chi connectivity index (χ1) is 6.60. The Morgan fingerprint density at radius 3 is 2.57 bits per heavy atom. The minimum atomic E-state index is -0.491. The van der Waals surface area contributed by atoms with Gasteiger partial charge in [0.05, 0.1) is 6.61 Å². The third kappa shape index (κ3) is 2.02. The molecule has 2 fully saturated rings. The molecule has 0 radical (unpaired) electrons. The quantitative estimate of drug-likeness (QED) is 0.806. The van der Waals surface area contributed by atoms with Crippen LogP contribution in [0, 0.1) is 0 Å². The fourth-order valence-corrected chi connectivity index (χ4v) is 3.05. The summed E-state index contributed by atoms with van der Waals surface area (Å²) in [6, 6.07) is 0. The molecule has 2 unspecified atom stereocenters. The average molecular weight is 330 g/mol. The maximum atomic E-state index is 9.28. The van der Waals surface area contributed by atoms with Crippen LogP contribution in [-0.4, -0.2) is 33.4 Å². The molecule has 0 aromatic rings. The molecule has 14 heavy (non-hydrogen) atoms. The zero-order valence-electron chi connectivity index (χ0n) is 7.84. The van der Waals surface area contributed by atoms with Crippen LogP contribution in [0.15, 0.2) is 0 Å².